The molecule has 0 aliphatic carbocycles. The summed E-state index contributed by atoms with van der Waals surface area (Å²) >= 11 is 0. The molecule has 0 saturated carbocycles. The average molecular weight is 514 g/mol. The maximum atomic E-state index is 14.0. The second-order valence-corrected chi connectivity index (χ2v) is 10.0. The quantitative estimate of drug-likeness (QED) is 0.403. The highest BCUT2D eigenvalue weighted by atomic mass is 19.1. The summed E-state index contributed by atoms with van der Waals surface area (Å²) in [7, 11) is 0. The average Bonchev–Trinajstić information content (AvgIpc) is 3.13. The van der Waals surface area contributed by atoms with Crippen molar-refractivity contribution >= 4 is 23.0 Å². The fourth-order valence-electron chi connectivity index (χ4n) is 5.47. The monoisotopic (exact) mass is 513 g/mol. The van der Waals surface area contributed by atoms with Gasteiger partial charge in [-0.15, -0.1) is 0 Å². The molecule has 194 valence electrons. The van der Waals surface area contributed by atoms with Crippen LogP contribution in [0.15, 0.2) is 48.7 Å². The van der Waals surface area contributed by atoms with Crippen molar-refractivity contribution in [2.45, 2.75) is 39.3 Å². The lowest BCUT2D eigenvalue weighted by atomic mass is 9.94. The topological polar surface area (TPSA) is 91.4 Å². The van der Waals surface area contributed by atoms with E-state index in [0.29, 0.717) is 38.2 Å². The molecule has 2 aliphatic rings. The number of fused-ring (bicyclic) bond motifs is 2. The number of hydrogen-bond acceptors (Lipinski definition) is 5. The number of amides is 2. The molecule has 1 fully saturated rings. The number of rotatable bonds is 2. The van der Waals surface area contributed by atoms with Crippen LogP contribution in [0.3, 0.4) is 0 Å². The summed E-state index contributed by atoms with van der Waals surface area (Å²) in [4.78, 5) is 41.8. The van der Waals surface area contributed by atoms with Crippen LogP contribution in [-0.2, 0) is 11.3 Å². The van der Waals surface area contributed by atoms with Gasteiger partial charge in [-0.3, -0.25) is 4.79 Å². The Bertz CT molecular complexity index is 1570. The number of urea groups is 1. The first-order valence-corrected chi connectivity index (χ1v) is 12.8. The van der Waals surface area contributed by atoms with Crippen LogP contribution in [0.4, 0.5) is 9.18 Å². The van der Waals surface area contributed by atoms with Gasteiger partial charge in [-0.1, -0.05) is 12.1 Å². The molecule has 0 spiro atoms. The zero-order valence-electron chi connectivity index (χ0n) is 21.3. The van der Waals surface area contributed by atoms with Gasteiger partial charge in [0.1, 0.15) is 35.3 Å². The van der Waals surface area contributed by atoms with E-state index >= 15 is 0 Å². The number of aromatic nitrogens is 3. The number of ether oxygens (including phenoxy) is 1. The molecule has 1 saturated heterocycles. The number of imidazole rings is 1. The molecule has 1 N–H and O–H groups in total. The van der Waals surface area contributed by atoms with Crippen LogP contribution in [0.2, 0.25) is 0 Å². The molecule has 0 bridgehead atoms. The molecule has 38 heavy (non-hydrogen) atoms. The summed E-state index contributed by atoms with van der Waals surface area (Å²) < 4.78 is 20.1. The number of aryl methyl sites for hydroxylation is 2. The summed E-state index contributed by atoms with van der Waals surface area (Å²) in [6.07, 6.45) is 2.29. The van der Waals surface area contributed by atoms with Crippen LogP contribution in [0.1, 0.15) is 41.4 Å². The Morgan fingerprint density at radius 2 is 2.00 bits per heavy atom. The molecule has 8 nitrogen and oxygen atoms in total. The van der Waals surface area contributed by atoms with Gasteiger partial charge in [0, 0.05) is 36.7 Å². The van der Waals surface area contributed by atoms with Crippen LogP contribution in [0.5, 0.6) is 5.75 Å². The number of likely N-dealkylation sites (tertiary alicyclic amines) is 1. The highest BCUT2D eigenvalue weighted by Crippen LogP contribution is 2.35. The van der Waals surface area contributed by atoms with Gasteiger partial charge in [-0.2, -0.15) is 0 Å². The predicted octanol–water partition coefficient (Wildman–Crippen LogP) is 5.10. The molecule has 1 atom stereocenters. The number of nitrogens with one attached hydrogen (secondary N) is 1. The summed E-state index contributed by atoms with van der Waals surface area (Å²) in [6.45, 7) is 5.32. The van der Waals surface area contributed by atoms with Crippen molar-refractivity contribution in [3.63, 3.8) is 0 Å². The van der Waals surface area contributed by atoms with Crippen molar-refractivity contribution in [3.05, 3.63) is 77.0 Å². The first-order valence-electron chi connectivity index (χ1n) is 12.8. The third-order valence-corrected chi connectivity index (χ3v) is 7.29. The third kappa shape index (κ3) is 4.49. The highest BCUT2D eigenvalue weighted by molar-refractivity contribution is 5.84. The Morgan fingerprint density at radius 1 is 1.13 bits per heavy atom. The molecule has 6 rings (SSSR count). The van der Waals surface area contributed by atoms with Gasteiger partial charge < -0.3 is 19.5 Å². The van der Waals surface area contributed by atoms with Gasteiger partial charge >= 0.3 is 6.03 Å². The number of hydrogen-bond donors (Lipinski definition) is 1. The van der Waals surface area contributed by atoms with E-state index in [2.05, 4.69) is 21.0 Å². The van der Waals surface area contributed by atoms with Crippen LogP contribution >= 0.6 is 0 Å². The van der Waals surface area contributed by atoms with Crippen LogP contribution in [-0.4, -0.2) is 56.3 Å². The lowest BCUT2D eigenvalue weighted by Gasteiger charge is -2.38. The highest BCUT2D eigenvalue weighted by Gasteiger charge is 2.35. The number of nitrogens with zero attached hydrogens (tertiary/aromatic N) is 4. The maximum absolute atomic E-state index is 14.0. The Morgan fingerprint density at radius 3 is 2.84 bits per heavy atom. The second-order valence-electron chi connectivity index (χ2n) is 10.0. The minimum absolute atomic E-state index is 0.0748. The fourth-order valence-corrected chi connectivity index (χ4v) is 5.47. The zero-order chi connectivity index (χ0) is 26.4. The normalized spacial score (nSPS) is 17.8. The van der Waals surface area contributed by atoms with Gasteiger partial charge in [-0.05, 0) is 60.9 Å². The third-order valence-electron chi connectivity index (χ3n) is 7.29. The van der Waals surface area contributed by atoms with E-state index in [1.807, 2.05) is 32.2 Å². The number of carbonyl (C=O) groups excluding carboxylic acids is 2. The first kappa shape index (κ1) is 24.1. The number of H-pyrrole nitrogens is 1. The van der Waals surface area contributed by atoms with E-state index in [1.54, 1.807) is 21.9 Å². The molecule has 2 aromatic heterocycles. The SMILES string of the molecule is Cc1nc2cc(-c3cc(C)c4c(c3)CN(C(=O)N3CCC(=O)CC3c3cccc(F)c3)CCO4)cnc2[nH]1. The molecule has 2 amide bonds. The maximum Gasteiger partial charge on any atom is 0.320 e. The van der Waals surface area contributed by atoms with E-state index < -0.39 is 6.04 Å². The minimum atomic E-state index is -0.494. The van der Waals surface area contributed by atoms with E-state index in [-0.39, 0.29) is 24.1 Å². The zero-order valence-corrected chi connectivity index (χ0v) is 21.3. The number of Topliss-reactive ketones (excluding diaryl/α,β-unsaturated/α-hetero) is 1. The Labute approximate surface area is 219 Å². The van der Waals surface area contributed by atoms with Gasteiger partial charge in [0.25, 0.3) is 0 Å². The summed E-state index contributed by atoms with van der Waals surface area (Å²) in [6, 6.07) is 11.6. The van der Waals surface area contributed by atoms with Crippen molar-refractivity contribution < 1.29 is 18.7 Å². The van der Waals surface area contributed by atoms with Gasteiger partial charge in [0.05, 0.1) is 19.1 Å². The molecular formula is C29H28FN5O3. The molecule has 4 aromatic rings. The van der Waals surface area contributed by atoms with E-state index in [1.165, 1.54) is 12.1 Å². The number of halogens is 1. The van der Waals surface area contributed by atoms with Crippen LogP contribution < -0.4 is 4.74 Å². The molecular weight excluding hydrogens is 485 g/mol. The van der Waals surface area contributed by atoms with Crippen LogP contribution in [0, 0.1) is 19.7 Å². The van der Waals surface area contributed by atoms with E-state index in [4.69, 9.17) is 4.74 Å². The fraction of sp³-hybridized carbons (Fsp3) is 0.310. The molecule has 1 unspecified atom stereocenters. The van der Waals surface area contributed by atoms with Crippen LogP contribution in [0.25, 0.3) is 22.3 Å². The second kappa shape index (κ2) is 9.55. The van der Waals surface area contributed by atoms with Gasteiger partial charge in [-0.25, -0.2) is 19.2 Å². The van der Waals surface area contributed by atoms with E-state index in [0.717, 1.165) is 45.0 Å². The molecule has 9 heteroatoms. The number of benzene rings is 2. The first-order chi connectivity index (χ1) is 18.4. The lowest BCUT2D eigenvalue weighted by Crippen LogP contribution is -2.48. The van der Waals surface area contributed by atoms with E-state index in [9.17, 15) is 14.0 Å². The summed E-state index contributed by atoms with van der Waals surface area (Å²) in [5.41, 5.74) is 5.95. The lowest BCUT2D eigenvalue weighted by molar-refractivity contribution is -0.122. The molecule has 2 aliphatic heterocycles. The van der Waals surface area contributed by atoms with Crippen molar-refractivity contribution in [1.29, 1.82) is 0 Å². The predicted molar refractivity (Wildman–Crippen MR) is 140 cm³/mol. The molecule has 4 heterocycles. The van der Waals surface area contributed by atoms with Crippen molar-refractivity contribution in [3.8, 4) is 16.9 Å². The molecule has 2 aromatic carbocycles. The Balaban J connectivity index is 1.31. The number of piperidine rings is 1. The number of aromatic amines is 1. The standard InChI is InChI=1S/C29H28FN5O3/c1-17-10-20(21-13-25-28(31-15-21)33-18(2)32-25)11-22-16-34(8-9-38-27(17)22)29(37)35-7-6-24(36)14-26(35)19-4-3-5-23(30)12-19/h3-5,10-13,15,26H,6-9,14,16H2,1-2H3,(H,31,32,33). The Hall–Kier alpha value is -4.27. The Kier molecular flexibility index (Phi) is 6.06. The van der Waals surface area contributed by atoms with Crippen molar-refractivity contribution in [2.75, 3.05) is 19.7 Å². The van der Waals surface area contributed by atoms with Crippen molar-refractivity contribution in [2.24, 2.45) is 0 Å². The van der Waals surface area contributed by atoms with Crippen molar-refractivity contribution in [1.82, 2.24) is 24.8 Å². The summed E-state index contributed by atoms with van der Waals surface area (Å²) in [5, 5.41) is 0. The smallest absolute Gasteiger partial charge is 0.320 e. The number of pyridine rings is 1. The number of carbonyl (C=O) groups is 2. The van der Waals surface area contributed by atoms with Gasteiger partial charge in [0.2, 0.25) is 0 Å². The number of ketones is 1. The minimum Gasteiger partial charge on any atom is -0.491 e. The molecule has 0 radical (unpaired) electrons. The summed E-state index contributed by atoms with van der Waals surface area (Å²) in [5.74, 6) is 1.28. The largest absolute Gasteiger partial charge is 0.491 e. The van der Waals surface area contributed by atoms with Gasteiger partial charge in [0.15, 0.2) is 5.65 Å².